The highest BCUT2D eigenvalue weighted by atomic mass is 28.3. The fraction of sp³-hybridized carbons (Fsp3) is 0.417. The maximum Gasteiger partial charge on any atom is 0.241 e. The average molecular weight is 456 g/mol. The molecule has 0 bridgehead atoms. The van der Waals surface area contributed by atoms with Crippen LogP contribution in [0.4, 0.5) is 0 Å². The smallest absolute Gasteiger partial charge is 0.241 e. The second-order valence-corrected chi connectivity index (χ2v) is 14.3. The van der Waals surface area contributed by atoms with Crippen LogP contribution in [0.15, 0.2) is 48.5 Å². The summed E-state index contributed by atoms with van der Waals surface area (Å²) in [6.45, 7) is 7.16. The number of likely N-dealkylation sites (N-methyl/N-ethyl adjacent to an activating group) is 1. The molecule has 0 spiro atoms. The number of benzene rings is 2. The van der Waals surface area contributed by atoms with Gasteiger partial charge >= 0.3 is 0 Å². The Morgan fingerprint density at radius 2 is 1.75 bits per heavy atom. The summed E-state index contributed by atoms with van der Waals surface area (Å²) in [6, 6.07) is 14.1. The molecule has 0 aromatic heterocycles. The van der Waals surface area contributed by atoms with Crippen LogP contribution >= 0.6 is 0 Å². The van der Waals surface area contributed by atoms with Gasteiger partial charge in [-0.2, -0.15) is 0 Å². The van der Waals surface area contributed by atoms with Crippen molar-refractivity contribution in [2.75, 3.05) is 20.7 Å². The molecule has 3 unspecified atom stereocenters. The second kappa shape index (κ2) is 9.95. The summed E-state index contributed by atoms with van der Waals surface area (Å²) in [5, 5.41) is 16.6. The lowest BCUT2D eigenvalue weighted by Gasteiger charge is -2.30. The van der Waals surface area contributed by atoms with Crippen LogP contribution in [-0.4, -0.2) is 62.9 Å². The first-order valence-corrected chi connectivity index (χ1v) is 14.3. The molecular formula is C24H33N3O4Si. The van der Waals surface area contributed by atoms with Gasteiger partial charge in [0.2, 0.25) is 5.91 Å². The number of aliphatic hydroxyl groups excluding tert-OH is 1. The van der Waals surface area contributed by atoms with Gasteiger partial charge in [0.05, 0.1) is 15.2 Å². The third-order valence-electron chi connectivity index (χ3n) is 5.84. The van der Waals surface area contributed by atoms with Gasteiger partial charge in [0.15, 0.2) is 12.1 Å². The molecule has 1 aliphatic heterocycles. The highest BCUT2D eigenvalue weighted by molar-refractivity contribution is 6.88. The Morgan fingerprint density at radius 1 is 1.12 bits per heavy atom. The van der Waals surface area contributed by atoms with Gasteiger partial charge in [-0.25, -0.2) is 0 Å². The van der Waals surface area contributed by atoms with Gasteiger partial charge < -0.3 is 14.7 Å². The molecule has 3 atom stereocenters. The zero-order chi connectivity index (χ0) is 23.5. The summed E-state index contributed by atoms with van der Waals surface area (Å²) in [7, 11) is 1.80. The van der Waals surface area contributed by atoms with Crippen molar-refractivity contribution in [3.8, 4) is 5.75 Å². The Kier molecular flexibility index (Phi) is 7.50. The summed E-state index contributed by atoms with van der Waals surface area (Å²) >= 11 is 0. The van der Waals surface area contributed by atoms with Gasteiger partial charge in [-0.05, 0) is 23.3 Å². The predicted molar refractivity (Wildman–Crippen MR) is 128 cm³/mol. The van der Waals surface area contributed by atoms with Crippen LogP contribution in [0.1, 0.15) is 17.2 Å². The van der Waals surface area contributed by atoms with Crippen molar-refractivity contribution in [3.63, 3.8) is 0 Å². The molecule has 172 valence electrons. The number of methoxy groups -OCH3 is 1. The first kappa shape index (κ1) is 24.1. The maximum atomic E-state index is 13.5. The molecule has 2 aromatic rings. The van der Waals surface area contributed by atoms with E-state index in [1.54, 1.807) is 26.3 Å². The van der Waals surface area contributed by atoms with Crippen LogP contribution < -0.4 is 20.6 Å². The number of carbonyl (C=O) groups is 2. The molecule has 7 nitrogen and oxygen atoms in total. The number of hydrogen-bond donors (Lipinski definition) is 3. The Labute approximate surface area is 190 Å². The van der Waals surface area contributed by atoms with Gasteiger partial charge in [0.1, 0.15) is 17.8 Å². The normalized spacial score (nSPS) is 19.4. The van der Waals surface area contributed by atoms with E-state index in [2.05, 4.69) is 42.4 Å². The second-order valence-electron chi connectivity index (χ2n) is 9.24. The monoisotopic (exact) mass is 455 g/mol. The molecule has 0 saturated carbocycles. The number of amides is 1. The summed E-state index contributed by atoms with van der Waals surface area (Å²) in [6.07, 6.45) is -0.711. The van der Waals surface area contributed by atoms with Crippen molar-refractivity contribution in [1.29, 1.82) is 0 Å². The summed E-state index contributed by atoms with van der Waals surface area (Å²) < 4.78 is 5.24. The topological polar surface area (TPSA) is 90.9 Å². The minimum Gasteiger partial charge on any atom is -0.497 e. The molecule has 1 heterocycles. The Balaban J connectivity index is 1.85. The van der Waals surface area contributed by atoms with Gasteiger partial charge in [-0.1, -0.05) is 61.2 Å². The molecule has 8 heteroatoms. The predicted octanol–water partition coefficient (Wildman–Crippen LogP) is 1.39. The number of hydrogen-bond acceptors (Lipinski definition) is 6. The minimum atomic E-state index is -1.42. The first-order chi connectivity index (χ1) is 15.1. The van der Waals surface area contributed by atoms with E-state index in [4.69, 9.17) is 4.74 Å². The van der Waals surface area contributed by atoms with E-state index in [0.29, 0.717) is 12.3 Å². The van der Waals surface area contributed by atoms with Crippen molar-refractivity contribution >= 4 is 25.0 Å². The number of nitrogens with one attached hydrogen (secondary N) is 2. The van der Waals surface area contributed by atoms with Crippen LogP contribution in [0.25, 0.3) is 0 Å². The van der Waals surface area contributed by atoms with E-state index in [-0.39, 0.29) is 18.1 Å². The molecule has 3 N–H and O–H groups in total. The molecule has 3 rings (SSSR count). The summed E-state index contributed by atoms with van der Waals surface area (Å²) in [4.78, 5) is 28.0. The van der Waals surface area contributed by atoms with E-state index in [1.807, 2.05) is 24.3 Å². The molecule has 1 aliphatic rings. The molecule has 1 saturated heterocycles. The first-order valence-electron chi connectivity index (χ1n) is 10.8. The molecule has 1 amide bonds. The Hall–Kier alpha value is -2.52. The van der Waals surface area contributed by atoms with Gasteiger partial charge in [0, 0.05) is 20.0 Å². The Morgan fingerprint density at radius 3 is 2.25 bits per heavy atom. The van der Waals surface area contributed by atoms with Crippen LogP contribution in [0.5, 0.6) is 5.75 Å². The molecule has 0 aliphatic carbocycles. The van der Waals surface area contributed by atoms with Crippen LogP contribution in [0, 0.1) is 0 Å². The number of Topliss-reactive ketones (excluding diaryl/α,β-unsaturated/α-hetero) is 1. The van der Waals surface area contributed by atoms with E-state index < -0.39 is 26.5 Å². The Bertz CT molecular complexity index is 941. The number of ketones is 1. The maximum absolute atomic E-state index is 13.5. The lowest BCUT2D eigenvalue weighted by Crippen LogP contribution is -2.47. The number of nitrogens with zero attached hydrogens (tertiary/aromatic N) is 1. The third kappa shape index (κ3) is 5.63. The van der Waals surface area contributed by atoms with Crippen molar-refractivity contribution in [3.05, 3.63) is 59.7 Å². The largest absolute Gasteiger partial charge is 0.497 e. The molecule has 2 aromatic carbocycles. The van der Waals surface area contributed by atoms with Crippen molar-refractivity contribution in [2.24, 2.45) is 0 Å². The lowest BCUT2D eigenvalue weighted by atomic mass is 9.95. The SMILES string of the molecule is COc1ccc(C(C(=O)Cc2ccc([Si](C)(C)C)cc2)N(C)C(=O)C2CNC(O)N2)cc1. The van der Waals surface area contributed by atoms with E-state index in [0.717, 1.165) is 11.1 Å². The fourth-order valence-corrected chi connectivity index (χ4v) is 5.07. The molecule has 32 heavy (non-hydrogen) atoms. The van der Waals surface area contributed by atoms with Gasteiger partial charge in [-0.15, -0.1) is 0 Å². The zero-order valence-electron chi connectivity index (χ0n) is 19.4. The average Bonchev–Trinajstić information content (AvgIpc) is 3.19. The van der Waals surface area contributed by atoms with Crippen molar-refractivity contribution in [2.45, 2.75) is 44.5 Å². The zero-order valence-corrected chi connectivity index (χ0v) is 20.4. The van der Waals surface area contributed by atoms with Gasteiger partial charge in [0.25, 0.3) is 0 Å². The number of carbonyl (C=O) groups excluding carboxylic acids is 2. The van der Waals surface area contributed by atoms with Crippen LogP contribution in [-0.2, 0) is 16.0 Å². The number of rotatable bonds is 8. The van der Waals surface area contributed by atoms with E-state index in [9.17, 15) is 14.7 Å². The third-order valence-corrected chi connectivity index (χ3v) is 7.91. The molecule has 1 fully saturated rings. The van der Waals surface area contributed by atoms with Gasteiger partial charge in [-0.3, -0.25) is 20.2 Å². The number of aliphatic hydroxyl groups is 1. The van der Waals surface area contributed by atoms with Crippen LogP contribution in [0.3, 0.4) is 0 Å². The highest BCUT2D eigenvalue weighted by Crippen LogP contribution is 2.25. The van der Waals surface area contributed by atoms with E-state index in [1.165, 1.54) is 10.1 Å². The van der Waals surface area contributed by atoms with Crippen LogP contribution in [0.2, 0.25) is 19.6 Å². The standard InChI is InChI=1S/C24H33N3O4Si/c1-27(23(29)20-15-25-24(30)26-20)22(17-8-10-18(31-2)11-9-17)21(28)14-16-6-12-19(13-7-16)32(3,4)5/h6-13,20,22,24-26,30H,14-15H2,1-5H3. The quantitative estimate of drug-likeness (QED) is 0.521. The van der Waals surface area contributed by atoms with Crippen molar-refractivity contribution < 1.29 is 19.4 Å². The molecule has 0 radical (unpaired) electrons. The van der Waals surface area contributed by atoms with E-state index >= 15 is 0 Å². The summed E-state index contributed by atoms with van der Waals surface area (Å²) in [5.74, 6) is 0.358. The number of ether oxygens (including phenoxy) is 1. The summed E-state index contributed by atoms with van der Waals surface area (Å²) in [5.41, 5.74) is 1.64. The fourth-order valence-electron chi connectivity index (χ4n) is 3.90. The molecular weight excluding hydrogens is 422 g/mol. The lowest BCUT2D eigenvalue weighted by molar-refractivity contribution is -0.139. The van der Waals surface area contributed by atoms with Crippen molar-refractivity contribution in [1.82, 2.24) is 15.5 Å². The minimum absolute atomic E-state index is 0.0710. The highest BCUT2D eigenvalue weighted by Gasteiger charge is 2.35.